The molecule has 0 bridgehead atoms. The van der Waals surface area contributed by atoms with Crippen LogP contribution >= 0.6 is 11.3 Å². The molecule has 0 atom stereocenters. The van der Waals surface area contributed by atoms with Gasteiger partial charge >= 0.3 is 0 Å². The Labute approximate surface area is 179 Å². The van der Waals surface area contributed by atoms with E-state index >= 15 is 0 Å². The molecule has 1 fully saturated rings. The number of hydrogen-bond donors (Lipinski definition) is 2. The Morgan fingerprint density at radius 1 is 1.24 bits per heavy atom. The van der Waals surface area contributed by atoms with Crippen molar-refractivity contribution in [3.05, 3.63) is 46.3 Å². The zero-order valence-corrected chi connectivity index (χ0v) is 18.9. The van der Waals surface area contributed by atoms with Gasteiger partial charge < -0.3 is 15.3 Å². The number of hydrogen-bond acceptors (Lipinski definition) is 4. The monoisotopic (exact) mass is 410 g/mol. The number of anilines is 1. The van der Waals surface area contributed by atoms with Crippen molar-refractivity contribution in [3.8, 4) is 10.4 Å². The summed E-state index contributed by atoms with van der Waals surface area (Å²) in [6.07, 6.45) is 7.23. The van der Waals surface area contributed by atoms with Crippen molar-refractivity contribution < 1.29 is 5.11 Å². The van der Waals surface area contributed by atoms with Crippen LogP contribution in [0.3, 0.4) is 0 Å². The zero-order valence-electron chi connectivity index (χ0n) is 18.1. The van der Waals surface area contributed by atoms with Crippen LogP contribution in [-0.2, 0) is 19.4 Å². The first-order valence-corrected chi connectivity index (χ1v) is 11.8. The smallest absolute Gasteiger partial charge is 0.117 e. The molecular formula is C25H34N2OS. The second-order valence-electron chi connectivity index (χ2n) is 9.42. The van der Waals surface area contributed by atoms with Crippen molar-refractivity contribution in [1.82, 2.24) is 5.32 Å². The SMILES string of the molecule is C=C(O)c1c(-c2ccc(N3CCCCC3)cc2CNC)sc2c1CC(C)(C)CC2. The molecule has 1 aliphatic heterocycles. The van der Waals surface area contributed by atoms with Gasteiger partial charge in [0.15, 0.2) is 0 Å². The maximum absolute atomic E-state index is 10.5. The molecule has 1 aromatic heterocycles. The van der Waals surface area contributed by atoms with Crippen LogP contribution in [-0.4, -0.2) is 25.2 Å². The quantitative estimate of drug-likeness (QED) is 0.579. The fourth-order valence-electron chi connectivity index (χ4n) is 4.90. The van der Waals surface area contributed by atoms with Crippen LogP contribution in [0, 0.1) is 5.41 Å². The van der Waals surface area contributed by atoms with Gasteiger partial charge in [-0.05, 0) is 79.8 Å². The number of piperidine rings is 1. The molecule has 2 heterocycles. The lowest BCUT2D eigenvalue weighted by atomic mass is 9.75. The number of fused-ring (bicyclic) bond motifs is 1. The molecule has 4 heteroatoms. The van der Waals surface area contributed by atoms with Crippen LogP contribution < -0.4 is 10.2 Å². The summed E-state index contributed by atoms with van der Waals surface area (Å²) >= 11 is 1.86. The predicted molar refractivity (Wildman–Crippen MR) is 126 cm³/mol. The summed E-state index contributed by atoms with van der Waals surface area (Å²) in [6, 6.07) is 6.89. The normalized spacial score (nSPS) is 18.5. The van der Waals surface area contributed by atoms with Gasteiger partial charge in [0.1, 0.15) is 5.76 Å². The minimum Gasteiger partial charge on any atom is -0.508 e. The second-order valence-corrected chi connectivity index (χ2v) is 10.5. The largest absolute Gasteiger partial charge is 0.508 e. The van der Waals surface area contributed by atoms with E-state index in [0.717, 1.165) is 38.0 Å². The average molecular weight is 411 g/mol. The van der Waals surface area contributed by atoms with Crippen LogP contribution in [0.25, 0.3) is 16.2 Å². The molecule has 2 aromatic rings. The Morgan fingerprint density at radius 2 is 2.00 bits per heavy atom. The number of aliphatic hydroxyl groups is 1. The molecule has 0 amide bonds. The number of thiophene rings is 1. The lowest BCUT2D eigenvalue weighted by molar-refractivity contribution is 0.317. The molecule has 0 spiro atoms. The third-order valence-electron chi connectivity index (χ3n) is 6.49. The van der Waals surface area contributed by atoms with Crippen molar-refractivity contribution in [2.45, 2.75) is 58.9 Å². The summed E-state index contributed by atoms with van der Waals surface area (Å²) < 4.78 is 0. The van der Waals surface area contributed by atoms with E-state index in [1.54, 1.807) is 0 Å². The molecule has 1 saturated heterocycles. The second kappa shape index (κ2) is 8.16. The van der Waals surface area contributed by atoms with Crippen molar-refractivity contribution in [2.75, 3.05) is 25.0 Å². The van der Waals surface area contributed by atoms with Crippen LogP contribution in [0.2, 0.25) is 0 Å². The third-order valence-corrected chi connectivity index (χ3v) is 7.81. The molecular weight excluding hydrogens is 376 g/mol. The first-order valence-electron chi connectivity index (χ1n) is 11.0. The van der Waals surface area contributed by atoms with E-state index in [2.05, 4.69) is 48.8 Å². The van der Waals surface area contributed by atoms with Crippen molar-refractivity contribution in [2.24, 2.45) is 5.41 Å². The van der Waals surface area contributed by atoms with Gasteiger partial charge in [-0.25, -0.2) is 0 Å². The Morgan fingerprint density at radius 3 is 2.69 bits per heavy atom. The first-order chi connectivity index (χ1) is 13.9. The Balaban J connectivity index is 1.79. The molecule has 29 heavy (non-hydrogen) atoms. The van der Waals surface area contributed by atoms with E-state index in [4.69, 9.17) is 0 Å². The van der Waals surface area contributed by atoms with E-state index in [1.165, 1.54) is 57.8 Å². The summed E-state index contributed by atoms with van der Waals surface area (Å²) in [5, 5.41) is 13.9. The van der Waals surface area contributed by atoms with Gasteiger partial charge in [-0.1, -0.05) is 26.5 Å². The van der Waals surface area contributed by atoms with Gasteiger partial charge in [0.05, 0.1) is 0 Å². The minimum atomic E-state index is 0.214. The number of aliphatic hydroxyl groups excluding tert-OH is 1. The minimum absolute atomic E-state index is 0.214. The van der Waals surface area contributed by atoms with E-state index in [1.807, 2.05) is 18.4 Å². The van der Waals surface area contributed by atoms with Crippen molar-refractivity contribution >= 4 is 22.8 Å². The molecule has 156 valence electrons. The summed E-state index contributed by atoms with van der Waals surface area (Å²) in [4.78, 5) is 5.14. The standard InChI is InChI=1S/C25H34N2OS/c1-17(28)23-21-15-25(2,3)11-10-22(21)29-24(23)20-9-8-19(14-18(20)16-26-4)27-12-6-5-7-13-27/h8-9,14,26,28H,1,5-7,10-13,15-16H2,2-4H3. The highest BCUT2D eigenvalue weighted by molar-refractivity contribution is 7.16. The molecule has 2 aliphatic rings. The highest BCUT2D eigenvalue weighted by Gasteiger charge is 2.32. The molecule has 3 nitrogen and oxygen atoms in total. The fraction of sp³-hybridized carbons (Fsp3) is 0.520. The lowest BCUT2D eigenvalue weighted by Crippen LogP contribution is -2.29. The Hall–Kier alpha value is -1.78. The summed E-state index contributed by atoms with van der Waals surface area (Å²) in [5.41, 5.74) is 6.45. The number of nitrogens with zero attached hydrogens (tertiary/aromatic N) is 1. The lowest BCUT2D eigenvalue weighted by Gasteiger charge is -2.30. The van der Waals surface area contributed by atoms with E-state index in [-0.39, 0.29) is 11.2 Å². The van der Waals surface area contributed by atoms with Gasteiger partial charge in [0.25, 0.3) is 0 Å². The highest BCUT2D eigenvalue weighted by Crippen LogP contribution is 2.47. The van der Waals surface area contributed by atoms with E-state index < -0.39 is 0 Å². The number of aryl methyl sites for hydroxylation is 1. The molecule has 0 radical (unpaired) electrons. The van der Waals surface area contributed by atoms with Gasteiger partial charge in [0.2, 0.25) is 0 Å². The zero-order chi connectivity index (χ0) is 20.6. The predicted octanol–water partition coefficient (Wildman–Crippen LogP) is 6.17. The van der Waals surface area contributed by atoms with Gasteiger partial charge in [-0.2, -0.15) is 0 Å². The molecule has 2 N–H and O–H groups in total. The van der Waals surface area contributed by atoms with Crippen molar-refractivity contribution in [1.29, 1.82) is 0 Å². The van der Waals surface area contributed by atoms with Crippen LogP contribution in [0.1, 0.15) is 61.1 Å². The molecule has 0 saturated carbocycles. The summed E-state index contributed by atoms with van der Waals surface area (Å²) in [7, 11) is 2.01. The van der Waals surface area contributed by atoms with Crippen LogP contribution in [0.4, 0.5) is 5.69 Å². The topological polar surface area (TPSA) is 35.5 Å². The Kier molecular flexibility index (Phi) is 5.76. The summed E-state index contributed by atoms with van der Waals surface area (Å²) in [6.45, 7) is 11.7. The van der Waals surface area contributed by atoms with Gasteiger partial charge in [-0.15, -0.1) is 11.3 Å². The Bertz CT molecular complexity index is 906. The molecule has 1 aliphatic carbocycles. The van der Waals surface area contributed by atoms with Crippen LogP contribution in [0.15, 0.2) is 24.8 Å². The molecule has 0 unspecified atom stereocenters. The third kappa shape index (κ3) is 4.10. The average Bonchev–Trinajstić information content (AvgIpc) is 3.06. The van der Waals surface area contributed by atoms with E-state index in [0.29, 0.717) is 0 Å². The summed E-state index contributed by atoms with van der Waals surface area (Å²) in [5.74, 6) is 0.214. The van der Waals surface area contributed by atoms with Crippen LogP contribution in [0.5, 0.6) is 0 Å². The molecule has 1 aromatic carbocycles. The number of nitrogens with one attached hydrogen (secondary N) is 1. The maximum atomic E-state index is 10.5. The number of rotatable bonds is 5. The van der Waals surface area contributed by atoms with Crippen molar-refractivity contribution in [3.63, 3.8) is 0 Å². The maximum Gasteiger partial charge on any atom is 0.117 e. The first kappa shape index (κ1) is 20.5. The highest BCUT2D eigenvalue weighted by atomic mass is 32.1. The fourth-order valence-corrected chi connectivity index (χ4v) is 6.30. The van der Waals surface area contributed by atoms with Gasteiger partial charge in [-0.3, -0.25) is 0 Å². The van der Waals surface area contributed by atoms with E-state index in [9.17, 15) is 5.11 Å². The van der Waals surface area contributed by atoms with Gasteiger partial charge in [0, 0.05) is 40.6 Å². The molecule has 4 rings (SSSR count). The number of benzene rings is 1.